The molecule has 0 fully saturated rings. The average molecular weight is 835 g/mol. The van der Waals surface area contributed by atoms with Crippen molar-refractivity contribution in [3.63, 3.8) is 0 Å². The Balaban J connectivity index is 0.935. The Morgan fingerprint density at radius 2 is 0.769 bits per heavy atom. The highest BCUT2D eigenvalue weighted by atomic mass is 15.1. The number of benzene rings is 9. The van der Waals surface area contributed by atoms with E-state index in [9.17, 15) is 0 Å². The summed E-state index contributed by atoms with van der Waals surface area (Å²) in [5.74, 6) is 0. The lowest BCUT2D eigenvalue weighted by molar-refractivity contribution is 0.630. The lowest BCUT2D eigenvalue weighted by atomic mass is 9.75. The zero-order valence-corrected chi connectivity index (χ0v) is 37.9. The second kappa shape index (κ2) is 13.3. The van der Waals surface area contributed by atoms with E-state index in [-0.39, 0.29) is 16.2 Å². The molecule has 65 heavy (non-hydrogen) atoms. The monoisotopic (exact) mass is 834 g/mol. The molecule has 1 aliphatic heterocycles. The summed E-state index contributed by atoms with van der Waals surface area (Å²) in [6.45, 7) is 14.2. The molecular weight excluding hydrogens is 785 g/mol. The summed E-state index contributed by atoms with van der Waals surface area (Å²) in [5.41, 5.74) is 25.6. The maximum absolute atomic E-state index is 2.51. The highest BCUT2D eigenvalue weighted by Crippen LogP contribution is 2.52. The second-order valence-electron chi connectivity index (χ2n) is 20.2. The minimum atomic E-state index is -0.115. The molecule has 9 aromatic carbocycles. The highest BCUT2D eigenvalue weighted by Gasteiger charge is 2.38. The summed E-state index contributed by atoms with van der Waals surface area (Å²) in [6.07, 6.45) is 0. The number of rotatable bonds is 5. The molecule has 0 atom stereocenters. The van der Waals surface area contributed by atoms with Crippen molar-refractivity contribution in [1.82, 2.24) is 4.57 Å². The number of nitrogens with zero attached hydrogens (tertiary/aromatic N) is 2. The molecule has 0 saturated heterocycles. The summed E-state index contributed by atoms with van der Waals surface area (Å²) < 4.78 is 2.51. The van der Waals surface area contributed by atoms with Gasteiger partial charge >= 0.3 is 0 Å². The van der Waals surface area contributed by atoms with Gasteiger partial charge in [0.1, 0.15) is 0 Å². The zero-order valence-electron chi connectivity index (χ0n) is 37.9. The summed E-state index contributed by atoms with van der Waals surface area (Å²) in [7, 11) is 0. The van der Waals surface area contributed by atoms with Crippen LogP contribution in [0.2, 0.25) is 0 Å². The van der Waals surface area contributed by atoms with E-state index in [0.29, 0.717) is 0 Å². The first-order chi connectivity index (χ1) is 31.5. The molecule has 0 bridgehead atoms. The van der Waals surface area contributed by atoms with Crippen molar-refractivity contribution in [1.29, 1.82) is 0 Å². The zero-order chi connectivity index (χ0) is 44.0. The van der Waals surface area contributed by atoms with Gasteiger partial charge in [-0.25, -0.2) is 0 Å². The molecule has 0 amide bonds. The number of aromatic nitrogens is 1. The molecule has 2 heteroatoms. The minimum Gasteiger partial charge on any atom is -0.310 e. The maximum atomic E-state index is 2.51. The van der Waals surface area contributed by atoms with Crippen LogP contribution in [0.1, 0.15) is 74.9 Å². The summed E-state index contributed by atoms with van der Waals surface area (Å²) in [4.78, 5) is 2.43. The molecule has 2 nitrogen and oxygen atoms in total. The highest BCUT2D eigenvalue weighted by molar-refractivity contribution is 6.13. The summed E-state index contributed by atoms with van der Waals surface area (Å²) >= 11 is 0. The van der Waals surface area contributed by atoms with Gasteiger partial charge < -0.3 is 9.47 Å². The molecule has 1 aromatic heterocycles. The number of fused-ring (bicyclic) bond motifs is 11. The smallest absolute Gasteiger partial charge is 0.0582 e. The van der Waals surface area contributed by atoms with Crippen molar-refractivity contribution >= 4 is 38.9 Å². The fraction of sp³-hybridized carbons (Fsp3) is 0.143. The van der Waals surface area contributed by atoms with Crippen molar-refractivity contribution in [3.05, 3.63) is 228 Å². The minimum absolute atomic E-state index is 0.0499. The van der Waals surface area contributed by atoms with Crippen molar-refractivity contribution in [3.8, 4) is 50.2 Å². The van der Waals surface area contributed by atoms with Crippen LogP contribution in [0.3, 0.4) is 0 Å². The van der Waals surface area contributed by atoms with Gasteiger partial charge in [0.15, 0.2) is 0 Å². The van der Waals surface area contributed by atoms with Crippen molar-refractivity contribution < 1.29 is 0 Å². The van der Waals surface area contributed by atoms with Crippen LogP contribution >= 0.6 is 0 Å². The Morgan fingerprint density at radius 3 is 1.34 bits per heavy atom. The van der Waals surface area contributed by atoms with Crippen LogP contribution < -0.4 is 4.90 Å². The first-order valence-corrected chi connectivity index (χ1v) is 23.2. The van der Waals surface area contributed by atoms with E-state index in [2.05, 4.69) is 245 Å². The van der Waals surface area contributed by atoms with E-state index >= 15 is 0 Å². The average Bonchev–Trinajstić information content (AvgIpc) is 3.88. The van der Waals surface area contributed by atoms with Crippen LogP contribution in [-0.4, -0.2) is 4.57 Å². The topological polar surface area (TPSA) is 8.17 Å². The Kier molecular flexibility index (Phi) is 7.80. The van der Waals surface area contributed by atoms with Gasteiger partial charge in [-0.3, -0.25) is 0 Å². The number of hydrogen-bond acceptors (Lipinski definition) is 1. The summed E-state index contributed by atoms with van der Waals surface area (Å²) in [5, 5.41) is 2.55. The molecule has 0 radical (unpaired) electrons. The first-order valence-electron chi connectivity index (χ1n) is 23.2. The van der Waals surface area contributed by atoms with Gasteiger partial charge in [-0.15, -0.1) is 0 Å². The van der Waals surface area contributed by atoms with Gasteiger partial charge in [-0.1, -0.05) is 175 Å². The van der Waals surface area contributed by atoms with Gasteiger partial charge in [0.25, 0.3) is 0 Å². The fourth-order valence-electron chi connectivity index (χ4n) is 12.1. The van der Waals surface area contributed by atoms with Gasteiger partial charge in [0, 0.05) is 44.1 Å². The van der Waals surface area contributed by atoms with E-state index in [0.717, 1.165) is 17.1 Å². The molecule has 13 rings (SSSR count). The van der Waals surface area contributed by atoms with Crippen LogP contribution in [0.5, 0.6) is 0 Å². The third-order valence-electron chi connectivity index (χ3n) is 15.6. The third kappa shape index (κ3) is 5.29. The second-order valence-corrected chi connectivity index (χ2v) is 20.2. The molecule has 10 aromatic rings. The Morgan fingerprint density at radius 1 is 0.323 bits per heavy atom. The molecule has 0 saturated carbocycles. The van der Waals surface area contributed by atoms with E-state index in [1.54, 1.807) is 0 Å². The van der Waals surface area contributed by atoms with Gasteiger partial charge in [0.05, 0.1) is 16.7 Å². The van der Waals surface area contributed by atoms with Crippen LogP contribution in [0.15, 0.2) is 194 Å². The number of anilines is 3. The van der Waals surface area contributed by atoms with Gasteiger partial charge in [0.2, 0.25) is 0 Å². The fourth-order valence-corrected chi connectivity index (χ4v) is 12.1. The number of hydrogen-bond donors (Lipinski definition) is 0. The largest absolute Gasteiger partial charge is 0.310 e. The molecule has 312 valence electrons. The van der Waals surface area contributed by atoms with E-state index < -0.39 is 0 Å². The molecule has 2 heterocycles. The summed E-state index contributed by atoms with van der Waals surface area (Å²) in [6, 6.07) is 73.2. The predicted octanol–water partition coefficient (Wildman–Crippen LogP) is 16.8. The van der Waals surface area contributed by atoms with E-state index in [1.165, 1.54) is 105 Å². The van der Waals surface area contributed by atoms with Crippen molar-refractivity contribution in [2.45, 2.75) is 57.8 Å². The third-order valence-corrected chi connectivity index (χ3v) is 15.6. The van der Waals surface area contributed by atoms with Crippen LogP contribution in [0.4, 0.5) is 17.1 Å². The lowest BCUT2D eigenvalue weighted by Gasteiger charge is -2.34. The molecule has 2 aliphatic carbocycles. The van der Waals surface area contributed by atoms with Crippen LogP contribution in [0, 0.1) is 0 Å². The molecule has 3 aliphatic rings. The van der Waals surface area contributed by atoms with Crippen LogP contribution in [-0.2, 0) is 16.2 Å². The van der Waals surface area contributed by atoms with Gasteiger partial charge in [-0.2, -0.15) is 0 Å². The predicted molar refractivity (Wildman–Crippen MR) is 274 cm³/mol. The SMILES string of the molecule is CC1(C)c2ccccc2-c2ccc(-c3ccc(N(c4ccc(-c5ccc6c(c5)C(C)(C)c5ccccc5-6)cc4)c4ccc5c(c4)c4cccc6c4n5-c4ccccc4C6(C)C)cc3)cc21. The van der Waals surface area contributed by atoms with Crippen molar-refractivity contribution in [2.75, 3.05) is 4.90 Å². The van der Waals surface area contributed by atoms with E-state index in [4.69, 9.17) is 0 Å². The normalized spacial score (nSPS) is 15.3. The molecule has 0 spiro atoms. The maximum Gasteiger partial charge on any atom is 0.0582 e. The Hall–Kier alpha value is -7.42. The first kappa shape index (κ1) is 38.1. The van der Waals surface area contributed by atoms with Crippen molar-refractivity contribution in [2.24, 2.45) is 0 Å². The lowest BCUT2D eigenvalue weighted by Crippen LogP contribution is -2.26. The molecular formula is C63H50N2. The Labute approximate surface area is 382 Å². The van der Waals surface area contributed by atoms with E-state index in [1.807, 2.05) is 0 Å². The Bertz CT molecular complexity index is 3460. The standard InChI is InChI=1S/C63H50N2/c1-61(2)52-17-9-7-14-46(52)48-33-26-41(36-56(48)61)39-22-28-43(29-23-39)64(44-30-24-40(25-31-44)42-27-34-49-47-15-8-10-18-53(47)62(3,4)57(49)37-42)45-32-35-58-51(38-45)50-16-13-20-55-60(50)65(58)59-21-12-11-19-54(59)63(55,5)6/h7-38H,1-6H3. The van der Waals surface area contributed by atoms with Crippen LogP contribution in [0.25, 0.3) is 72.0 Å². The van der Waals surface area contributed by atoms with Gasteiger partial charge in [-0.05, 0) is 139 Å². The quantitative estimate of drug-likeness (QED) is 0.168. The number of para-hydroxylation sites is 2. The molecule has 0 N–H and O–H groups in total. The molecule has 0 unspecified atom stereocenters.